The first kappa shape index (κ1) is 28.2. The Morgan fingerprint density at radius 2 is 1.93 bits per heavy atom. The molecule has 10 nitrogen and oxygen atoms in total. The van der Waals surface area contributed by atoms with Crippen LogP contribution in [0.1, 0.15) is 29.8 Å². The van der Waals surface area contributed by atoms with Crippen LogP contribution in [0.25, 0.3) is 0 Å². The first-order chi connectivity index (χ1) is 19.1. The van der Waals surface area contributed by atoms with Crippen LogP contribution >= 0.6 is 11.3 Å². The van der Waals surface area contributed by atoms with E-state index in [4.69, 9.17) is 14.2 Å². The van der Waals surface area contributed by atoms with Gasteiger partial charge >= 0.3 is 0 Å². The fraction of sp³-hybridized carbons (Fsp3) is 0.393. The molecule has 214 valence electrons. The quantitative estimate of drug-likeness (QED) is 0.390. The summed E-state index contributed by atoms with van der Waals surface area (Å²) in [6.07, 6.45) is -0.284. The first-order valence-corrected chi connectivity index (χ1v) is 15.4. The summed E-state index contributed by atoms with van der Waals surface area (Å²) in [6, 6.07) is 13.4. The van der Waals surface area contributed by atoms with Crippen LogP contribution in [0.15, 0.2) is 58.1 Å². The highest BCUT2D eigenvalue weighted by atomic mass is 32.2. The van der Waals surface area contributed by atoms with Gasteiger partial charge in [-0.1, -0.05) is 19.1 Å². The molecule has 0 unspecified atom stereocenters. The third-order valence-corrected chi connectivity index (χ3v) is 9.84. The van der Waals surface area contributed by atoms with Crippen LogP contribution in [-0.4, -0.2) is 74.9 Å². The van der Waals surface area contributed by atoms with E-state index in [9.17, 15) is 18.3 Å². The van der Waals surface area contributed by atoms with Crippen molar-refractivity contribution in [1.29, 1.82) is 0 Å². The molecule has 5 rings (SSSR count). The minimum Gasteiger partial charge on any atom is -0.488 e. The highest BCUT2D eigenvalue weighted by Crippen LogP contribution is 2.34. The van der Waals surface area contributed by atoms with E-state index in [1.165, 1.54) is 12.1 Å². The number of benzene rings is 2. The Balaban J connectivity index is 1.40. The van der Waals surface area contributed by atoms with E-state index in [0.29, 0.717) is 25.4 Å². The lowest BCUT2D eigenvalue weighted by Gasteiger charge is -2.38. The number of sulfonamides is 1. The van der Waals surface area contributed by atoms with Gasteiger partial charge in [-0.2, -0.15) is 0 Å². The Morgan fingerprint density at radius 3 is 2.67 bits per heavy atom. The second-order valence-corrected chi connectivity index (χ2v) is 13.1. The number of rotatable bonds is 9. The highest BCUT2D eigenvalue weighted by Gasteiger charge is 2.34. The standard InChI is InChI=1S/C28H33N3O7S2/c1-18-13-31(19(2)16-32)28(33)22-12-21(29-40(34,35)27-5-4-10-39-27)7-9-23(22)38-26(18)15-30(3)14-20-6-8-24-25(11-20)37-17-36-24/h4-12,18-19,26,29,32H,13-17H2,1-3H3/t18-,19-,26-/m0/s1. The summed E-state index contributed by atoms with van der Waals surface area (Å²) in [4.78, 5) is 17.4. The van der Waals surface area contributed by atoms with Crippen LogP contribution in [0.4, 0.5) is 5.69 Å². The van der Waals surface area contributed by atoms with Crippen molar-refractivity contribution in [2.24, 2.45) is 5.92 Å². The number of nitrogens with zero attached hydrogens (tertiary/aromatic N) is 2. The lowest BCUT2D eigenvalue weighted by atomic mass is 9.99. The zero-order valence-corrected chi connectivity index (χ0v) is 24.2. The second kappa shape index (κ2) is 11.7. The fourth-order valence-corrected chi connectivity index (χ4v) is 6.89. The van der Waals surface area contributed by atoms with Gasteiger partial charge in [0.1, 0.15) is 16.1 Å². The maximum absolute atomic E-state index is 13.7. The van der Waals surface area contributed by atoms with Gasteiger partial charge < -0.3 is 24.2 Å². The SMILES string of the molecule is C[C@H]1CN([C@@H](C)CO)C(=O)c2cc(NS(=O)(=O)c3cccs3)ccc2O[C@H]1CN(C)Cc1ccc2c(c1)OCO2. The maximum atomic E-state index is 13.7. The summed E-state index contributed by atoms with van der Waals surface area (Å²) >= 11 is 1.11. The van der Waals surface area contributed by atoms with E-state index in [0.717, 1.165) is 28.4 Å². The molecule has 0 aliphatic carbocycles. The number of hydrogen-bond acceptors (Lipinski definition) is 9. The molecular weight excluding hydrogens is 554 g/mol. The van der Waals surface area contributed by atoms with Gasteiger partial charge in [0.05, 0.1) is 18.2 Å². The minimum atomic E-state index is -3.79. The molecule has 3 heterocycles. The number of ether oxygens (including phenoxy) is 3. The number of nitrogens with one attached hydrogen (secondary N) is 1. The normalized spacial score (nSPS) is 19.5. The summed E-state index contributed by atoms with van der Waals surface area (Å²) in [5.41, 5.74) is 1.56. The van der Waals surface area contributed by atoms with Crippen LogP contribution in [-0.2, 0) is 16.6 Å². The molecular formula is C28H33N3O7S2. The predicted molar refractivity (Wildman–Crippen MR) is 152 cm³/mol. The van der Waals surface area contributed by atoms with Crippen molar-refractivity contribution < 1.29 is 32.5 Å². The second-order valence-electron chi connectivity index (χ2n) is 10.3. The number of hydrogen-bond donors (Lipinski definition) is 2. The number of anilines is 1. The summed E-state index contributed by atoms with van der Waals surface area (Å²) in [7, 11) is -1.79. The molecule has 1 amide bonds. The Morgan fingerprint density at radius 1 is 1.15 bits per heavy atom. The Labute approximate surface area is 238 Å². The third kappa shape index (κ3) is 6.04. The number of carbonyl (C=O) groups is 1. The average Bonchev–Trinajstić information content (AvgIpc) is 3.63. The van der Waals surface area contributed by atoms with Crippen LogP contribution in [0.3, 0.4) is 0 Å². The van der Waals surface area contributed by atoms with Crippen molar-refractivity contribution in [3.63, 3.8) is 0 Å². The van der Waals surface area contributed by atoms with Crippen LogP contribution in [0, 0.1) is 5.92 Å². The van der Waals surface area contributed by atoms with Gasteiger partial charge in [-0.25, -0.2) is 8.42 Å². The van der Waals surface area contributed by atoms with Gasteiger partial charge in [-0.15, -0.1) is 11.3 Å². The Hall–Kier alpha value is -3.32. The number of aliphatic hydroxyl groups excluding tert-OH is 1. The molecule has 40 heavy (non-hydrogen) atoms. The molecule has 1 aromatic heterocycles. The van der Waals surface area contributed by atoms with Crippen LogP contribution in [0.2, 0.25) is 0 Å². The molecule has 2 aliphatic rings. The zero-order chi connectivity index (χ0) is 28.4. The van der Waals surface area contributed by atoms with E-state index in [-0.39, 0.29) is 46.8 Å². The average molecular weight is 588 g/mol. The van der Waals surface area contributed by atoms with E-state index < -0.39 is 16.1 Å². The van der Waals surface area contributed by atoms with E-state index >= 15 is 0 Å². The van der Waals surface area contributed by atoms with Gasteiger partial charge in [-0.3, -0.25) is 14.4 Å². The zero-order valence-electron chi connectivity index (χ0n) is 22.6. The van der Waals surface area contributed by atoms with Gasteiger partial charge in [0.15, 0.2) is 11.5 Å². The summed E-state index contributed by atoms with van der Waals surface area (Å²) in [5, 5.41) is 11.6. The number of thiophene rings is 1. The number of carbonyl (C=O) groups excluding carboxylic acids is 1. The van der Waals surface area contributed by atoms with Crippen molar-refractivity contribution in [2.75, 3.05) is 38.3 Å². The minimum absolute atomic E-state index is 0.0534. The van der Waals surface area contributed by atoms with Crippen molar-refractivity contribution in [3.8, 4) is 17.2 Å². The highest BCUT2D eigenvalue weighted by molar-refractivity contribution is 7.94. The maximum Gasteiger partial charge on any atom is 0.271 e. The van der Waals surface area contributed by atoms with Gasteiger partial charge in [-0.05, 0) is 61.3 Å². The predicted octanol–water partition coefficient (Wildman–Crippen LogP) is 3.63. The molecule has 3 atom stereocenters. The van der Waals surface area contributed by atoms with Gasteiger partial charge in [0, 0.05) is 31.2 Å². The lowest BCUT2D eigenvalue weighted by Crippen LogP contribution is -2.49. The molecule has 0 radical (unpaired) electrons. The molecule has 2 aliphatic heterocycles. The lowest BCUT2D eigenvalue weighted by molar-refractivity contribution is 0.0341. The van der Waals surface area contributed by atoms with E-state index in [1.807, 2.05) is 32.2 Å². The van der Waals surface area contributed by atoms with E-state index in [1.54, 1.807) is 35.4 Å². The molecule has 0 spiro atoms. The largest absolute Gasteiger partial charge is 0.488 e. The van der Waals surface area contributed by atoms with Crippen LogP contribution in [0.5, 0.6) is 17.2 Å². The summed E-state index contributed by atoms with van der Waals surface area (Å²) < 4.78 is 45.7. The molecule has 0 saturated carbocycles. The third-order valence-electron chi connectivity index (χ3n) is 7.06. The Bertz CT molecular complexity index is 1460. The van der Waals surface area contributed by atoms with Crippen molar-refractivity contribution in [1.82, 2.24) is 9.80 Å². The van der Waals surface area contributed by atoms with Crippen molar-refractivity contribution >= 4 is 33.0 Å². The number of aliphatic hydroxyl groups is 1. The topological polar surface area (TPSA) is 118 Å². The molecule has 2 aromatic carbocycles. The fourth-order valence-electron chi connectivity index (χ4n) is 4.85. The molecule has 0 fully saturated rings. The summed E-state index contributed by atoms with van der Waals surface area (Å²) in [5.74, 6) is 1.45. The van der Waals surface area contributed by atoms with Crippen LogP contribution < -0.4 is 18.9 Å². The molecule has 0 saturated heterocycles. The molecule has 12 heteroatoms. The van der Waals surface area contributed by atoms with Gasteiger partial charge in [0.25, 0.3) is 15.9 Å². The van der Waals surface area contributed by atoms with Gasteiger partial charge in [0.2, 0.25) is 6.79 Å². The molecule has 0 bridgehead atoms. The first-order valence-electron chi connectivity index (χ1n) is 13.0. The van der Waals surface area contributed by atoms with Crippen molar-refractivity contribution in [3.05, 3.63) is 65.0 Å². The number of amides is 1. The number of fused-ring (bicyclic) bond motifs is 2. The number of likely N-dealkylation sites (N-methyl/N-ethyl adjacent to an activating group) is 1. The molecule has 2 N–H and O–H groups in total. The monoisotopic (exact) mass is 587 g/mol. The Kier molecular flexibility index (Phi) is 8.22. The molecule has 3 aromatic rings. The van der Waals surface area contributed by atoms with E-state index in [2.05, 4.69) is 9.62 Å². The summed E-state index contributed by atoms with van der Waals surface area (Å²) in [6.45, 7) is 5.42. The smallest absolute Gasteiger partial charge is 0.271 e. The van der Waals surface area contributed by atoms with Crippen molar-refractivity contribution in [2.45, 2.75) is 36.7 Å².